The van der Waals surface area contributed by atoms with E-state index in [4.69, 9.17) is 0 Å². The first kappa shape index (κ1) is 14.4. The Morgan fingerprint density at radius 2 is 1.79 bits per heavy atom. The Kier molecular flexibility index (Phi) is 4.83. The maximum absolute atomic E-state index is 10.4. The predicted octanol–water partition coefficient (Wildman–Crippen LogP) is 2.61. The average molecular weight is 263 g/mol. The summed E-state index contributed by atoms with van der Waals surface area (Å²) < 4.78 is 0. The predicted molar refractivity (Wildman–Crippen MR) is 77.3 cm³/mol. The van der Waals surface area contributed by atoms with Crippen LogP contribution in [0.15, 0.2) is 24.3 Å². The van der Waals surface area contributed by atoms with E-state index in [1.807, 2.05) is 12.1 Å². The van der Waals surface area contributed by atoms with Gasteiger partial charge in [0, 0.05) is 12.6 Å². The highest BCUT2D eigenvalue weighted by Crippen LogP contribution is 2.27. The molecule has 0 aromatic heterocycles. The molecular formula is C16H25NO2. The number of benzene rings is 1. The quantitative estimate of drug-likeness (QED) is 0.765. The molecule has 1 aliphatic rings. The molecule has 1 fully saturated rings. The van der Waals surface area contributed by atoms with Crippen LogP contribution >= 0.6 is 0 Å². The molecule has 106 valence electrons. The first-order valence-corrected chi connectivity index (χ1v) is 7.31. The van der Waals surface area contributed by atoms with Crippen molar-refractivity contribution in [2.75, 3.05) is 6.54 Å². The van der Waals surface area contributed by atoms with Gasteiger partial charge in [-0.3, -0.25) is 0 Å². The summed E-state index contributed by atoms with van der Waals surface area (Å²) in [6.07, 6.45) is 6.30. The molecule has 1 unspecified atom stereocenters. The van der Waals surface area contributed by atoms with Gasteiger partial charge in [0.2, 0.25) is 0 Å². The number of hydrogen-bond acceptors (Lipinski definition) is 3. The lowest BCUT2D eigenvalue weighted by Gasteiger charge is -2.33. The molecule has 3 heteroatoms. The highest BCUT2D eigenvalue weighted by atomic mass is 16.3. The van der Waals surface area contributed by atoms with Crippen LogP contribution in [0.25, 0.3) is 0 Å². The van der Waals surface area contributed by atoms with E-state index in [9.17, 15) is 10.2 Å². The number of hydrogen-bond donors (Lipinski definition) is 3. The van der Waals surface area contributed by atoms with Gasteiger partial charge in [-0.05, 0) is 43.9 Å². The van der Waals surface area contributed by atoms with Crippen LogP contribution in [0.5, 0.6) is 5.75 Å². The Balaban J connectivity index is 1.77. The lowest BCUT2D eigenvalue weighted by atomic mass is 9.84. The molecule has 1 aromatic rings. The van der Waals surface area contributed by atoms with E-state index in [-0.39, 0.29) is 0 Å². The molecule has 0 heterocycles. The first-order chi connectivity index (χ1) is 9.07. The van der Waals surface area contributed by atoms with Gasteiger partial charge in [-0.25, -0.2) is 0 Å². The van der Waals surface area contributed by atoms with Crippen molar-refractivity contribution in [2.45, 2.75) is 57.1 Å². The van der Waals surface area contributed by atoms with E-state index in [0.29, 0.717) is 18.3 Å². The van der Waals surface area contributed by atoms with Crippen LogP contribution in [0.2, 0.25) is 0 Å². The highest BCUT2D eigenvalue weighted by Gasteiger charge is 2.28. The Hall–Kier alpha value is -1.06. The summed E-state index contributed by atoms with van der Waals surface area (Å²) in [6.45, 7) is 2.82. The minimum Gasteiger partial charge on any atom is -0.508 e. The van der Waals surface area contributed by atoms with Gasteiger partial charge in [-0.2, -0.15) is 0 Å². The van der Waals surface area contributed by atoms with Crippen LogP contribution in [0.1, 0.15) is 44.6 Å². The SMILES string of the molecule is CC(Cc1ccc(O)cc1)NCC1(O)CCCCC1. The molecule has 0 spiro atoms. The van der Waals surface area contributed by atoms with Crippen LogP contribution in [0.3, 0.4) is 0 Å². The Bertz CT molecular complexity index is 382. The topological polar surface area (TPSA) is 52.5 Å². The van der Waals surface area contributed by atoms with Gasteiger partial charge in [-0.1, -0.05) is 31.4 Å². The maximum atomic E-state index is 10.4. The van der Waals surface area contributed by atoms with Gasteiger partial charge in [0.05, 0.1) is 5.60 Å². The summed E-state index contributed by atoms with van der Waals surface area (Å²) in [7, 11) is 0. The van der Waals surface area contributed by atoms with Crippen LogP contribution < -0.4 is 5.32 Å². The third-order valence-electron chi connectivity index (χ3n) is 4.04. The first-order valence-electron chi connectivity index (χ1n) is 7.31. The van der Waals surface area contributed by atoms with Crippen molar-refractivity contribution in [3.63, 3.8) is 0 Å². The Labute approximate surface area is 115 Å². The van der Waals surface area contributed by atoms with E-state index in [1.165, 1.54) is 12.0 Å². The van der Waals surface area contributed by atoms with E-state index in [2.05, 4.69) is 12.2 Å². The van der Waals surface area contributed by atoms with Gasteiger partial charge in [0.15, 0.2) is 0 Å². The summed E-state index contributed by atoms with van der Waals surface area (Å²) in [5.41, 5.74) is 0.704. The Morgan fingerprint density at radius 1 is 1.16 bits per heavy atom. The minimum absolute atomic E-state index is 0.306. The highest BCUT2D eigenvalue weighted by molar-refractivity contribution is 5.26. The molecule has 1 atom stereocenters. The molecule has 19 heavy (non-hydrogen) atoms. The van der Waals surface area contributed by atoms with E-state index in [0.717, 1.165) is 32.1 Å². The molecule has 0 amide bonds. The fraction of sp³-hybridized carbons (Fsp3) is 0.625. The third-order valence-corrected chi connectivity index (χ3v) is 4.04. The third kappa shape index (κ3) is 4.51. The van der Waals surface area contributed by atoms with Crippen LogP contribution in [-0.2, 0) is 6.42 Å². The second-order valence-electron chi connectivity index (χ2n) is 5.94. The summed E-state index contributed by atoms with van der Waals surface area (Å²) in [4.78, 5) is 0. The second-order valence-corrected chi connectivity index (χ2v) is 5.94. The number of nitrogens with one attached hydrogen (secondary N) is 1. The average Bonchev–Trinajstić information content (AvgIpc) is 2.40. The van der Waals surface area contributed by atoms with Crippen molar-refractivity contribution in [2.24, 2.45) is 0 Å². The van der Waals surface area contributed by atoms with E-state index in [1.54, 1.807) is 12.1 Å². The molecule has 1 saturated carbocycles. The van der Waals surface area contributed by atoms with Crippen molar-refractivity contribution in [3.05, 3.63) is 29.8 Å². The number of aromatic hydroxyl groups is 1. The summed E-state index contributed by atoms with van der Waals surface area (Å²) in [5, 5.41) is 23.1. The lowest BCUT2D eigenvalue weighted by Crippen LogP contribution is -2.45. The maximum Gasteiger partial charge on any atom is 0.115 e. The number of aliphatic hydroxyl groups is 1. The molecule has 0 radical (unpaired) electrons. The van der Waals surface area contributed by atoms with E-state index < -0.39 is 5.60 Å². The van der Waals surface area contributed by atoms with Gasteiger partial charge >= 0.3 is 0 Å². The minimum atomic E-state index is -0.499. The van der Waals surface area contributed by atoms with Gasteiger partial charge in [0.25, 0.3) is 0 Å². The summed E-state index contributed by atoms with van der Waals surface area (Å²) in [5.74, 6) is 0.306. The number of rotatable bonds is 5. The smallest absolute Gasteiger partial charge is 0.115 e. The van der Waals surface area contributed by atoms with Crippen molar-refractivity contribution in [3.8, 4) is 5.75 Å². The summed E-state index contributed by atoms with van der Waals surface area (Å²) in [6, 6.07) is 7.66. The molecule has 3 N–H and O–H groups in total. The second kappa shape index (κ2) is 6.40. The normalized spacial score (nSPS) is 20.1. The van der Waals surface area contributed by atoms with Gasteiger partial charge < -0.3 is 15.5 Å². The molecule has 0 bridgehead atoms. The molecule has 0 aliphatic heterocycles. The number of phenols is 1. The van der Waals surface area contributed by atoms with Crippen molar-refractivity contribution in [1.29, 1.82) is 0 Å². The van der Waals surface area contributed by atoms with Gasteiger partial charge in [0.1, 0.15) is 5.75 Å². The molecular weight excluding hydrogens is 238 g/mol. The van der Waals surface area contributed by atoms with Gasteiger partial charge in [-0.15, -0.1) is 0 Å². The van der Waals surface area contributed by atoms with Crippen LogP contribution in [-0.4, -0.2) is 28.4 Å². The van der Waals surface area contributed by atoms with E-state index >= 15 is 0 Å². The largest absolute Gasteiger partial charge is 0.508 e. The monoisotopic (exact) mass is 263 g/mol. The fourth-order valence-corrected chi connectivity index (χ4v) is 2.81. The zero-order chi connectivity index (χ0) is 13.7. The molecule has 1 aliphatic carbocycles. The number of phenolic OH excluding ortho intramolecular Hbond substituents is 1. The molecule has 2 rings (SSSR count). The van der Waals surface area contributed by atoms with Crippen LogP contribution in [0, 0.1) is 0 Å². The van der Waals surface area contributed by atoms with Crippen LogP contribution in [0.4, 0.5) is 0 Å². The van der Waals surface area contributed by atoms with Crippen molar-refractivity contribution >= 4 is 0 Å². The zero-order valence-electron chi connectivity index (χ0n) is 11.7. The fourth-order valence-electron chi connectivity index (χ4n) is 2.81. The molecule has 0 saturated heterocycles. The zero-order valence-corrected chi connectivity index (χ0v) is 11.7. The molecule has 1 aromatic carbocycles. The van der Waals surface area contributed by atoms with Crippen molar-refractivity contribution in [1.82, 2.24) is 5.32 Å². The Morgan fingerprint density at radius 3 is 2.42 bits per heavy atom. The standard InChI is InChI=1S/C16H25NO2/c1-13(11-14-5-7-15(18)8-6-14)17-12-16(19)9-3-2-4-10-16/h5-8,13,17-19H,2-4,9-12H2,1H3. The molecule has 3 nitrogen and oxygen atoms in total. The lowest BCUT2D eigenvalue weighted by molar-refractivity contribution is 0.00306. The summed E-state index contributed by atoms with van der Waals surface area (Å²) >= 11 is 0. The van der Waals surface area contributed by atoms with Crippen molar-refractivity contribution < 1.29 is 10.2 Å².